The van der Waals surface area contributed by atoms with Gasteiger partial charge in [-0.15, -0.1) is 0 Å². The molecule has 2 aliphatic carbocycles. The third-order valence-corrected chi connectivity index (χ3v) is 8.04. The summed E-state index contributed by atoms with van der Waals surface area (Å²) in [6.45, 7) is 6.54. The maximum absolute atomic E-state index is 13.2. The Labute approximate surface area is 249 Å². The highest BCUT2D eigenvalue weighted by Gasteiger charge is 2.31. The number of carbonyl (C=O) groups is 1. The predicted octanol–water partition coefficient (Wildman–Crippen LogP) is 6.69. The van der Waals surface area contributed by atoms with Gasteiger partial charge in [0, 0.05) is 20.6 Å². The Bertz CT molecular complexity index is 1480. The molecule has 0 amide bonds. The molecule has 0 saturated carbocycles. The monoisotopic (exact) mass is 647 g/mol. The molecule has 0 spiro atoms. The minimum Gasteiger partial charge on any atom is -0.488 e. The zero-order chi connectivity index (χ0) is 28.4. The molecule has 2 heterocycles. The number of halogens is 1. The number of rotatable bonds is 6. The van der Waals surface area contributed by atoms with Crippen LogP contribution in [0.4, 0.5) is 0 Å². The Kier molecular flexibility index (Phi) is 8.28. The van der Waals surface area contributed by atoms with Gasteiger partial charge in [0.2, 0.25) is 5.78 Å². The molecule has 0 fully saturated rings. The SMILES string of the molecule is CC(C)(C)Oc1ccc(C(=N)C(=O)/C2=C\CCC(c3ncnc4c3C=C(C3C=CC(I)=CC3)C4=N)NCC2)cc1. The van der Waals surface area contributed by atoms with E-state index in [4.69, 9.17) is 15.6 Å². The number of fused-ring (bicyclic) bond motifs is 1. The van der Waals surface area contributed by atoms with Crippen molar-refractivity contribution in [3.05, 3.63) is 92.1 Å². The maximum Gasteiger partial charge on any atom is 0.206 e. The lowest BCUT2D eigenvalue weighted by Crippen LogP contribution is -2.28. The highest BCUT2D eigenvalue weighted by Crippen LogP contribution is 2.37. The molecule has 5 rings (SSSR count). The third kappa shape index (κ3) is 6.23. The second-order valence-corrected chi connectivity index (χ2v) is 12.5. The molecule has 1 aliphatic heterocycles. The van der Waals surface area contributed by atoms with Crippen LogP contribution in [-0.4, -0.2) is 39.3 Å². The highest BCUT2D eigenvalue weighted by atomic mass is 127. The van der Waals surface area contributed by atoms with E-state index in [-0.39, 0.29) is 29.1 Å². The molecule has 1 aromatic carbocycles. The van der Waals surface area contributed by atoms with E-state index in [1.807, 2.05) is 39.0 Å². The zero-order valence-corrected chi connectivity index (χ0v) is 25.2. The van der Waals surface area contributed by atoms with Crippen molar-refractivity contribution in [2.45, 2.75) is 58.1 Å². The summed E-state index contributed by atoms with van der Waals surface area (Å²) in [5, 5.41) is 20.9. The molecule has 8 heteroatoms. The number of carbonyl (C=O) groups excluding carboxylic acids is 1. The highest BCUT2D eigenvalue weighted by molar-refractivity contribution is 14.1. The van der Waals surface area contributed by atoms with Crippen molar-refractivity contribution in [3.8, 4) is 5.75 Å². The van der Waals surface area contributed by atoms with E-state index in [2.05, 4.69) is 62.2 Å². The lowest BCUT2D eigenvalue weighted by Gasteiger charge is -2.22. The van der Waals surface area contributed by atoms with Gasteiger partial charge >= 0.3 is 0 Å². The number of nitrogens with one attached hydrogen (secondary N) is 3. The van der Waals surface area contributed by atoms with Crippen molar-refractivity contribution >= 4 is 45.9 Å². The van der Waals surface area contributed by atoms with Gasteiger partial charge in [-0.25, -0.2) is 9.97 Å². The summed E-state index contributed by atoms with van der Waals surface area (Å²) in [4.78, 5) is 22.3. The summed E-state index contributed by atoms with van der Waals surface area (Å²) < 4.78 is 7.08. The first-order valence-corrected chi connectivity index (χ1v) is 14.7. The van der Waals surface area contributed by atoms with Gasteiger partial charge in [0.25, 0.3) is 0 Å². The van der Waals surface area contributed by atoms with Gasteiger partial charge in [0.1, 0.15) is 23.4 Å². The predicted molar refractivity (Wildman–Crippen MR) is 168 cm³/mol. The Morgan fingerprint density at radius 2 is 1.93 bits per heavy atom. The van der Waals surface area contributed by atoms with Crippen LogP contribution < -0.4 is 10.1 Å². The molecule has 0 bridgehead atoms. The molecule has 2 atom stereocenters. The van der Waals surface area contributed by atoms with E-state index in [0.717, 1.165) is 29.7 Å². The summed E-state index contributed by atoms with van der Waals surface area (Å²) in [5.74, 6) is 0.650. The summed E-state index contributed by atoms with van der Waals surface area (Å²) in [6, 6.07) is 7.15. The normalized spacial score (nSPS) is 22.3. The van der Waals surface area contributed by atoms with Crippen LogP contribution in [0.3, 0.4) is 0 Å². The molecule has 40 heavy (non-hydrogen) atoms. The van der Waals surface area contributed by atoms with Crippen LogP contribution in [0.1, 0.15) is 75.0 Å². The number of allylic oxidation sites excluding steroid dienone is 6. The van der Waals surface area contributed by atoms with Crippen LogP contribution in [0.15, 0.2) is 69.6 Å². The summed E-state index contributed by atoms with van der Waals surface area (Å²) in [6.07, 6.45) is 15.0. The van der Waals surface area contributed by atoms with Crippen molar-refractivity contribution < 1.29 is 9.53 Å². The number of ether oxygens (including phenoxy) is 1. The Morgan fingerprint density at radius 3 is 2.62 bits per heavy atom. The number of nitrogens with zero attached hydrogens (tertiary/aromatic N) is 2. The van der Waals surface area contributed by atoms with Gasteiger partial charge in [-0.05, 0) is 117 Å². The number of benzene rings is 1. The van der Waals surface area contributed by atoms with Gasteiger partial charge in [-0.2, -0.15) is 0 Å². The number of hydrogen-bond donors (Lipinski definition) is 3. The topological polar surface area (TPSA) is 112 Å². The quantitative estimate of drug-likeness (QED) is 0.239. The molecule has 2 unspecified atom stereocenters. The second-order valence-electron chi connectivity index (χ2n) is 11.3. The lowest BCUT2D eigenvalue weighted by molar-refractivity contribution is -0.109. The molecule has 3 N–H and O–H groups in total. The van der Waals surface area contributed by atoms with Crippen LogP contribution in [0, 0.1) is 16.7 Å². The van der Waals surface area contributed by atoms with E-state index < -0.39 is 0 Å². The van der Waals surface area contributed by atoms with Crippen LogP contribution >= 0.6 is 22.6 Å². The molecular weight excluding hydrogens is 613 g/mol. The van der Waals surface area contributed by atoms with E-state index in [1.54, 1.807) is 18.5 Å². The van der Waals surface area contributed by atoms with Crippen LogP contribution in [-0.2, 0) is 4.79 Å². The smallest absolute Gasteiger partial charge is 0.206 e. The molecule has 206 valence electrons. The van der Waals surface area contributed by atoms with Crippen LogP contribution in [0.5, 0.6) is 5.75 Å². The van der Waals surface area contributed by atoms with Gasteiger partial charge < -0.3 is 10.1 Å². The van der Waals surface area contributed by atoms with Gasteiger partial charge in [0.15, 0.2) is 0 Å². The Balaban J connectivity index is 1.27. The molecule has 2 aromatic rings. The fourth-order valence-corrected chi connectivity index (χ4v) is 5.76. The summed E-state index contributed by atoms with van der Waals surface area (Å²) in [5.41, 5.74) is 4.93. The van der Waals surface area contributed by atoms with Crippen LogP contribution in [0.2, 0.25) is 0 Å². The van der Waals surface area contributed by atoms with E-state index in [0.29, 0.717) is 47.7 Å². The van der Waals surface area contributed by atoms with E-state index in [9.17, 15) is 4.79 Å². The molecule has 0 radical (unpaired) electrons. The maximum atomic E-state index is 13.2. The van der Waals surface area contributed by atoms with Crippen LogP contribution in [0.25, 0.3) is 6.08 Å². The second kappa shape index (κ2) is 11.7. The van der Waals surface area contributed by atoms with Crippen molar-refractivity contribution in [2.24, 2.45) is 5.92 Å². The Morgan fingerprint density at radius 1 is 1.15 bits per heavy atom. The number of aromatic nitrogens is 2. The average molecular weight is 648 g/mol. The molecule has 0 saturated heterocycles. The first-order valence-electron chi connectivity index (χ1n) is 13.7. The fourth-order valence-electron chi connectivity index (χ4n) is 5.29. The standard InChI is InChI=1S/C32H34IN5O2/c1-32(2,3)40-23-13-9-20(10-14-23)27(34)31(39)21-5-4-6-26(36-16-15-21)29-25-17-24(19-7-11-22(33)12-8-19)28(35)30(25)38-18-37-29/h5,7,9-14,17-19,26,34-36H,4,6,8,15-16H2,1-3H3/b21-5-,34-27?,35-28?. The third-order valence-electron chi connectivity index (χ3n) is 7.24. The first kappa shape index (κ1) is 28.3. The minimum atomic E-state index is -0.311. The van der Waals surface area contributed by atoms with Crippen molar-refractivity contribution in [2.75, 3.05) is 6.54 Å². The van der Waals surface area contributed by atoms with E-state index in [1.165, 1.54) is 3.58 Å². The van der Waals surface area contributed by atoms with Crippen molar-refractivity contribution in [1.82, 2.24) is 15.3 Å². The first-order chi connectivity index (χ1) is 19.1. The fraction of sp³-hybridized carbons (Fsp3) is 0.344. The zero-order valence-electron chi connectivity index (χ0n) is 23.1. The summed E-state index contributed by atoms with van der Waals surface area (Å²) in [7, 11) is 0. The van der Waals surface area contributed by atoms with Crippen molar-refractivity contribution in [1.29, 1.82) is 10.8 Å². The number of ketones is 1. The van der Waals surface area contributed by atoms with Crippen molar-refractivity contribution in [3.63, 3.8) is 0 Å². The average Bonchev–Trinajstić information content (AvgIpc) is 3.24. The Hall–Kier alpha value is -3.24. The molecule has 1 aromatic heterocycles. The molecule has 3 aliphatic rings. The molecular formula is C32H34IN5O2. The van der Waals surface area contributed by atoms with Gasteiger partial charge in [0.05, 0.1) is 23.1 Å². The largest absolute Gasteiger partial charge is 0.488 e. The van der Waals surface area contributed by atoms with Gasteiger partial charge in [-0.3, -0.25) is 15.6 Å². The van der Waals surface area contributed by atoms with E-state index >= 15 is 0 Å². The molecule has 7 nitrogen and oxygen atoms in total. The lowest BCUT2D eigenvalue weighted by atomic mass is 9.90. The minimum absolute atomic E-state index is 0.00299. The number of Topliss-reactive ketones (excluding diaryl/α,β-unsaturated/α-hetero) is 1. The summed E-state index contributed by atoms with van der Waals surface area (Å²) >= 11 is 2.32. The number of hydrogen-bond acceptors (Lipinski definition) is 7. The van der Waals surface area contributed by atoms with Gasteiger partial charge in [-0.1, -0.05) is 24.3 Å².